The molecule has 2 atom stereocenters. The van der Waals surface area contributed by atoms with Crippen LogP contribution in [-0.2, 0) is 9.59 Å². The number of unbranched alkanes of at least 4 members (excludes halogenated alkanes) is 60. The van der Waals surface area contributed by atoms with E-state index < -0.39 is 24.0 Å². The molecule has 6 nitrogen and oxygen atoms in total. The van der Waals surface area contributed by atoms with Crippen LogP contribution < -0.4 is 10.2 Å². The third-order valence-corrected chi connectivity index (χ3v) is 19.7. The quantitative estimate of drug-likeness (QED) is 0.0445. The van der Waals surface area contributed by atoms with Gasteiger partial charge in [-0.25, -0.2) is 0 Å². The van der Waals surface area contributed by atoms with Gasteiger partial charge in [-0.15, -0.1) is 0 Å². The minimum atomic E-state index is -0.861. The molecule has 0 bridgehead atoms. The Morgan fingerprint density at radius 3 is 0.416 bits per heavy atom. The van der Waals surface area contributed by atoms with Gasteiger partial charge in [0.15, 0.2) is 0 Å². The Bertz CT molecular complexity index is 1130. The van der Waals surface area contributed by atoms with Crippen molar-refractivity contribution in [2.24, 2.45) is 0 Å². The molecule has 0 saturated carbocycles. The predicted molar refractivity (Wildman–Crippen MR) is 394 cm³/mol. The predicted octanol–water partition coefficient (Wildman–Crippen LogP) is 25.1. The Labute approximate surface area is 591 Å². The number of carboxylic acid groups (broad SMARTS) is 2. The largest absolute Gasteiger partial charge is 2.00 e. The number of carbonyl (C=O) groups is 2. The normalized spacial score (nSPS) is 12.2. The Kier molecular flexibility index (Phi) is 86.3. The summed E-state index contributed by atoms with van der Waals surface area (Å²) in [7, 11) is 0. The smallest absolute Gasteiger partial charge is 0.548 e. The molecule has 528 valence electrons. The Morgan fingerprint density at radius 1 is 0.202 bits per heavy atom. The van der Waals surface area contributed by atoms with Crippen LogP contribution in [-0.4, -0.2) is 97.7 Å². The maximum absolute atomic E-state index is 11.9. The van der Waals surface area contributed by atoms with Gasteiger partial charge in [0.2, 0.25) is 0 Å². The fraction of sp³-hybridized carbons (Fsp3) is 0.976. The summed E-state index contributed by atoms with van der Waals surface area (Å²) in [6.45, 7) is 17.1. The summed E-state index contributed by atoms with van der Waals surface area (Å²) in [6.07, 6.45) is 91.3. The zero-order valence-electron chi connectivity index (χ0n) is 62.3. The van der Waals surface area contributed by atoms with Crippen LogP contribution in [0, 0.1) is 0 Å². The average Bonchev–Trinajstić information content (AvgIpc) is 3.70. The minimum absolute atomic E-state index is 0. The van der Waals surface area contributed by atoms with E-state index >= 15 is 0 Å². The molecular formula is C82H164CaN2O4. The molecule has 0 aromatic carbocycles. The number of hydrogen-bond acceptors (Lipinski definition) is 6. The first kappa shape index (κ1) is 93.3. The molecule has 0 rings (SSSR count). The van der Waals surface area contributed by atoms with Crippen molar-refractivity contribution in [3.05, 3.63) is 0 Å². The van der Waals surface area contributed by atoms with Crippen LogP contribution >= 0.6 is 0 Å². The van der Waals surface area contributed by atoms with Crippen molar-refractivity contribution in [2.75, 3.05) is 26.2 Å². The van der Waals surface area contributed by atoms with Crippen LogP contribution in [0.4, 0.5) is 0 Å². The Hall–Kier alpha value is 0.120. The monoisotopic (exact) mass is 1280 g/mol. The second-order valence-corrected chi connectivity index (χ2v) is 28.5. The molecule has 0 saturated heterocycles. The average molecular weight is 1280 g/mol. The van der Waals surface area contributed by atoms with Crippen LogP contribution in [0.15, 0.2) is 0 Å². The molecule has 0 aliphatic rings. The molecule has 7 heteroatoms. The molecule has 0 fully saturated rings. The zero-order chi connectivity index (χ0) is 64.4. The summed E-state index contributed by atoms with van der Waals surface area (Å²) in [4.78, 5) is 28.4. The first-order valence-electron chi connectivity index (χ1n) is 41.2. The van der Waals surface area contributed by atoms with E-state index in [4.69, 9.17) is 0 Å². The van der Waals surface area contributed by atoms with Crippen molar-refractivity contribution in [3.63, 3.8) is 0 Å². The molecule has 0 heterocycles. The van der Waals surface area contributed by atoms with Crippen LogP contribution in [0.5, 0.6) is 0 Å². The van der Waals surface area contributed by atoms with E-state index in [0.717, 1.165) is 77.5 Å². The van der Waals surface area contributed by atoms with E-state index in [1.807, 2.05) is 0 Å². The van der Waals surface area contributed by atoms with Crippen molar-refractivity contribution in [2.45, 2.75) is 490 Å². The van der Waals surface area contributed by atoms with Crippen LogP contribution in [0.2, 0.25) is 0 Å². The third-order valence-electron chi connectivity index (χ3n) is 19.7. The number of carbonyl (C=O) groups excluding carboxylic acids is 2. The van der Waals surface area contributed by atoms with Gasteiger partial charge < -0.3 is 19.8 Å². The number of hydrogen-bond donors (Lipinski definition) is 0. The Morgan fingerprint density at radius 2 is 0.315 bits per heavy atom. The Balaban J connectivity index is -0.00000164. The van der Waals surface area contributed by atoms with Crippen molar-refractivity contribution in [1.29, 1.82) is 0 Å². The molecule has 0 N–H and O–H groups in total. The first-order chi connectivity index (χ1) is 43.3. The van der Waals surface area contributed by atoms with E-state index in [1.165, 1.54) is 385 Å². The number of carboxylic acids is 2. The van der Waals surface area contributed by atoms with Gasteiger partial charge in [0.05, 0.1) is 11.9 Å². The molecule has 2 unspecified atom stereocenters. The summed E-state index contributed by atoms with van der Waals surface area (Å²) < 4.78 is 0. The van der Waals surface area contributed by atoms with Gasteiger partial charge in [0.1, 0.15) is 0 Å². The number of nitrogens with zero attached hydrogens (tertiary/aromatic N) is 2. The van der Waals surface area contributed by atoms with E-state index in [9.17, 15) is 19.8 Å². The van der Waals surface area contributed by atoms with Crippen molar-refractivity contribution >= 4 is 49.7 Å². The fourth-order valence-corrected chi connectivity index (χ4v) is 13.7. The van der Waals surface area contributed by atoms with Crippen LogP contribution in [0.3, 0.4) is 0 Å². The van der Waals surface area contributed by atoms with Crippen molar-refractivity contribution < 1.29 is 19.8 Å². The van der Waals surface area contributed by atoms with Gasteiger partial charge >= 0.3 is 37.7 Å². The fourth-order valence-electron chi connectivity index (χ4n) is 13.7. The second kappa shape index (κ2) is 82.4. The first-order valence-corrected chi connectivity index (χ1v) is 41.2. The maximum atomic E-state index is 11.9. The van der Waals surface area contributed by atoms with Gasteiger partial charge in [0, 0.05) is 12.1 Å². The maximum Gasteiger partial charge on any atom is 2.00 e. The van der Waals surface area contributed by atoms with Crippen LogP contribution in [0.25, 0.3) is 0 Å². The molecule has 0 aliphatic heterocycles. The zero-order valence-corrected chi connectivity index (χ0v) is 64.5. The summed E-state index contributed by atoms with van der Waals surface area (Å²) in [5.41, 5.74) is 0. The van der Waals surface area contributed by atoms with Gasteiger partial charge in [-0.2, -0.15) is 0 Å². The van der Waals surface area contributed by atoms with Gasteiger partial charge in [-0.05, 0) is 64.7 Å². The SMILES string of the molecule is CCCCCCCCCCCCCCCCCCN(CCCCCCCCCCCCCCCCCC)C(CCC)C(=O)[O-].CCCCCCCCCCCCCCCCCCN(CCCCCCCCCCCCCCCCCC)C(CCC)C(=O)[O-].[Ca+2]. The van der Waals surface area contributed by atoms with Crippen molar-refractivity contribution in [1.82, 2.24) is 9.80 Å². The summed E-state index contributed by atoms with van der Waals surface area (Å²) in [5, 5.41) is 23.8. The number of rotatable bonds is 76. The standard InChI is InChI=1S/2C41H83NO2.Ca/c2*1-4-7-9-11-13-15-17-19-21-23-25-27-29-31-33-35-38-42(40(37-6-3)41(43)44)39-36-34-32-30-28-26-24-22-20-18-16-14-12-10-8-5-2;/h2*40H,4-39H2,1-3H3,(H,43,44);/q;;+2/p-2. The third kappa shape index (κ3) is 73.8. The van der Waals surface area contributed by atoms with Crippen LogP contribution in [0.1, 0.15) is 478 Å². The molecule has 0 aromatic heterocycles. The van der Waals surface area contributed by atoms with E-state index in [1.54, 1.807) is 0 Å². The molecule has 0 radical (unpaired) electrons. The van der Waals surface area contributed by atoms with E-state index in [2.05, 4.69) is 51.3 Å². The molecule has 0 amide bonds. The minimum Gasteiger partial charge on any atom is -0.548 e. The summed E-state index contributed by atoms with van der Waals surface area (Å²) >= 11 is 0. The summed E-state index contributed by atoms with van der Waals surface area (Å²) in [5.74, 6) is -1.72. The number of aliphatic carboxylic acids is 2. The van der Waals surface area contributed by atoms with E-state index in [-0.39, 0.29) is 37.7 Å². The van der Waals surface area contributed by atoms with Gasteiger partial charge in [0.25, 0.3) is 0 Å². The molecule has 89 heavy (non-hydrogen) atoms. The topological polar surface area (TPSA) is 86.7 Å². The molecule has 0 aromatic rings. The van der Waals surface area contributed by atoms with Gasteiger partial charge in [-0.3, -0.25) is 9.80 Å². The summed E-state index contributed by atoms with van der Waals surface area (Å²) in [6, 6.07) is -0.791. The molecule has 0 spiro atoms. The van der Waals surface area contributed by atoms with Crippen molar-refractivity contribution in [3.8, 4) is 0 Å². The second-order valence-electron chi connectivity index (χ2n) is 28.5. The van der Waals surface area contributed by atoms with Gasteiger partial charge in [-0.1, -0.05) is 440 Å². The molecular weight excluding hydrogens is 1120 g/mol. The molecule has 0 aliphatic carbocycles. The van der Waals surface area contributed by atoms with E-state index in [0.29, 0.717) is 0 Å².